The number of hydrogen-bond donors (Lipinski definition) is 2. The van der Waals surface area contributed by atoms with Gasteiger partial charge in [-0.1, -0.05) is 0 Å². The first-order valence-electron chi connectivity index (χ1n) is 8.85. The van der Waals surface area contributed by atoms with Gasteiger partial charge in [-0.2, -0.15) is 0 Å². The van der Waals surface area contributed by atoms with E-state index in [0.717, 1.165) is 31.9 Å². The predicted octanol–water partition coefficient (Wildman–Crippen LogP) is 1.75. The van der Waals surface area contributed by atoms with Gasteiger partial charge in [0, 0.05) is 50.3 Å². The summed E-state index contributed by atoms with van der Waals surface area (Å²) in [4.78, 5) is 30.4. The van der Waals surface area contributed by atoms with E-state index in [1.54, 1.807) is 24.3 Å². The van der Waals surface area contributed by atoms with Crippen molar-refractivity contribution < 1.29 is 14.7 Å². The van der Waals surface area contributed by atoms with Crippen molar-refractivity contribution in [1.82, 2.24) is 4.90 Å². The highest BCUT2D eigenvalue weighted by Crippen LogP contribution is 2.20. The summed E-state index contributed by atoms with van der Waals surface area (Å²) in [5, 5.41) is 12.0. The SMILES string of the molecule is CN1CCN(c2ccc(NC(=O)C(=O)N(C)c3ccc(O)cc3)cc2)CC1. The Hall–Kier alpha value is -3.06. The molecule has 0 radical (unpaired) electrons. The maximum atomic E-state index is 12.3. The number of rotatable bonds is 3. The molecule has 142 valence electrons. The summed E-state index contributed by atoms with van der Waals surface area (Å²) < 4.78 is 0. The van der Waals surface area contributed by atoms with Crippen molar-refractivity contribution in [2.24, 2.45) is 0 Å². The Morgan fingerprint density at radius 3 is 2.15 bits per heavy atom. The van der Waals surface area contributed by atoms with Gasteiger partial charge in [0.25, 0.3) is 0 Å². The Kier molecular flexibility index (Phi) is 5.61. The fraction of sp³-hybridized carbons (Fsp3) is 0.300. The third-order valence-electron chi connectivity index (χ3n) is 4.73. The van der Waals surface area contributed by atoms with Crippen LogP contribution in [-0.2, 0) is 9.59 Å². The lowest BCUT2D eigenvalue weighted by atomic mass is 10.2. The first-order valence-corrected chi connectivity index (χ1v) is 8.85. The van der Waals surface area contributed by atoms with Crippen LogP contribution in [0.1, 0.15) is 0 Å². The van der Waals surface area contributed by atoms with E-state index in [1.807, 2.05) is 12.1 Å². The third kappa shape index (κ3) is 4.57. The molecule has 7 nitrogen and oxygen atoms in total. The lowest BCUT2D eigenvalue weighted by Crippen LogP contribution is -2.44. The zero-order chi connectivity index (χ0) is 19.4. The molecule has 0 aromatic heterocycles. The standard InChI is InChI=1S/C20H24N4O3/c1-22-11-13-24(14-12-22)17-5-3-15(4-6-17)21-19(26)20(27)23(2)16-7-9-18(25)10-8-16/h3-10,25H,11-14H2,1-2H3,(H,21,26). The van der Waals surface area contributed by atoms with Crippen molar-refractivity contribution >= 4 is 28.9 Å². The lowest BCUT2D eigenvalue weighted by molar-refractivity contribution is -0.134. The quantitative estimate of drug-likeness (QED) is 0.808. The summed E-state index contributed by atoms with van der Waals surface area (Å²) in [5.41, 5.74) is 2.21. The van der Waals surface area contributed by atoms with Crippen LogP contribution < -0.4 is 15.1 Å². The van der Waals surface area contributed by atoms with Gasteiger partial charge in [0.2, 0.25) is 0 Å². The van der Waals surface area contributed by atoms with Gasteiger partial charge in [0.05, 0.1) is 0 Å². The van der Waals surface area contributed by atoms with Crippen molar-refractivity contribution in [2.45, 2.75) is 0 Å². The summed E-state index contributed by atoms with van der Waals surface area (Å²) in [6.07, 6.45) is 0. The number of carbonyl (C=O) groups excluding carboxylic acids is 2. The minimum absolute atomic E-state index is 0.101. The highest BCUT2D eigenvalue weighted by atomic mass is 16.3. The van der Waals surface area contributed by atoms with Crippen molar-refractivity contribution in [3.63, 3.8) is 0 Å². The largest absolute Gasteiger partial charge is 0.508 e. The summed E-state index contributed by atoms with van der Waals surface area (Å²) >= 11 is 0. The fourth-order valence-corrected chi connectivity index (χ4v) is 2.95. The van der Waals surface area contributed by atoms with E-state index in [9.17, 15) is 14.7 Å². The van der Waals surface area contributed by atoms with Gasteiger partial charge in [-0.3, -0.25) is 9.59 Å². The molecule has 0 spiro atoms. The van der Waals surface area contributed by atoms with E-state index in [2.05, 4.69) is 22.2 Å². The summed E-state index contributed by atoms with van der Waals surface area (Å²) in [6.45, 7) is 3.99. The van der Waals surface area contributed by atoms with E-state index in [1.165, 1.54) is 24.1 Å². The molecule has 0 atom stereocenters. The highest BCUT2D eigenvalue weighted by Gasteiger charge is 2.20. The molecule has 0 unspecified atom stereocenters. The zero-order valence-corrected chi connectivity index (χ0v) is 15.6. The molecule has 1 fully saturated rings. The van der Waals surface area contributed by atoms with Gasteiger partial charge >= 0.3 is 11.8 Å². The van der Waals surface area contributed by atoms with E-state index >= 15 is 0 Å². The fourth-order valence-electron chi connectivity index (χ4n) is 2.95. The molecule has 0 saturated carbocycles. The van der Waals surface area contributed by atoms with E-state index < -0.39 is 11.8 Å². The van der Waals surface area contributed by atoms with Gasteiger partial charge < -0.3 is 25.1 Å². The molecular weight excluding hydrogens is 344 g/mol. The number of likely N-dealkylation sites (N-methyl/N-ethyl adjacent to an activating group) is 2. The Morgan fingerprint density at radius 1 is 0.963 bits per heavy atom. The molecule has 3 rings (SSSR count). The smallest absolute Gasteiger partial charge is 0.316 e. The molecule has 2 N–H and O–H groups in total. The number of nitrogens with zero attached hydrogens (tertiary/aromatic N) is 3. The van der Waals surface area contributed by atoms with Gasteiger partial charge in [-0.25, -0.2) is 0 Å². The molecule has 0 aliphatic carbocycles. The Balaban J connectivity index is 1.60. The van der Waals surface area contributed by atoms with Crippen LogP contribution in [0.3, 0.4) is 0 Å². The molecule has 27 heavy (non-hydrogen) atoms. The lowest BCUT2D eigenvalue weighted by Gasteiger charge is -2.34. The topological polar surface area (TPSA) is 76.1 Å². The number of anilines is 3. The number of piperazine rings is 1. The van der Waals surface area contributed by atoms with Gasteiger partial charge in [-0.05, 0) is 55.6 Å². The number of aromatic hydroxyl groups is 1. The maximum Gasteiger partial charge on any atom is 0.316 e. The molecule has 7 heteroatoms. The van der Waals surface area contributed by atoms with E-state index in [0.29, 0.717) is 11.4 Å². The van der Waals surface area contributed by atoms with Crippen molar-refractivity contribution in [2.75, 3.05) is 55.4 Å². The first kappa shape index (κ1) is 18.7. The normalized spacial score (nSPS) is 14.7. The summed E-state index contributed by atoms with van der Waals surface area (Å²) in [7, 11) is 3.63. The van der Waals surface area contributed by atoms with Crippen LogP contribution in [0.5, 0.6) is 5.75 Å². The molecule has 2 aromatic carbocycles. The number of phenols is 1. The van der Waals surface area contributed by atoms with E-state index in [4.69, 9.17) is 0 Å². The second kappa shape index (κ2) is 8.09. The second-order valence-electron chi connectivity index (χ2n) is 6.67. The summed E-state index contributed by atoms with van der Waals surface area (Å²) in [5.74, 6) is -1.29. The molecule has 1 saturated heterocycles. The number of amides is 2. The van der Waals surface area contributed by atoms with Crippen LogP contribution in [0.4, 0.5) is 17.1 Å². The first-order chi connectivity index (χ1) is 12.9. The average molecular weight is 368 g/mol. The van der Waals surface area contributed by atoms with Crippen LogP contribution in [0.15, 0.2) is 48.5 Å². The van der Waals surface area contributed by atoms with Crippen LogP contribution in [-0.4, -0.2) is 62.1 Å². The maximum absolute atomic E-state index is 12.3. The number of benzene rings is 2. The predicted molar refractivity (Wildman–Crippen MR) is 106 cm³/mol. The average Bonchev–Trinajstić information content (AvgIpc) is 2.68. The van der Waals surface area contributed by atoms with Gasteiger partial charge in [0.1, 0.15) is 5.75 Å². The monoisotopic (exact) mass is 368 g/mol. The number of phenolic OH excluding ortho intramolecular Hbond substituents is 1. The van der Waals surface area contributed by atoms with E-state index in [-0.39, 0.29) is 5.75 Å². The Morgan fingerprint density at radius 2 is 1.56 bits per heavy atom. The number of nitrogens with one attached hydrogen (secondary N) is 1. The molecule has 1 aliphatic heterocycles. The molecule has 2 aromatic rings. The Labute approximate surface area is 158 Å². The molecule has 1 heterocycles. The molecule has 2 amide bonds. The third-order valence-corrected chi connectivity index (χ3v) is 4.73. The van der Waals surface area contributed by atoms with Crippen molar-refractivity contribution in [3.05, 3.63) is 48.5 Å². The van der Waals surface area contributed by atoms with Crippen LogP contribution in [0.2, 0.25) is 0 Å². The molecular formula is C20H24N4O3. The van der Waals surface area contributed by atoms with Crippen LogP contribution >= 0.6 is 0 Å². The minimum Gasteiger partial charge on any atom is -0.508 e. The number of carbonyl (C=O) groups is 2. The van der Waals surface area contributed by atoms with Gasteiger partial charge in [-0.15, -0.1) is 0 Å². The van der Waals surface area contributed by atoms with Crippen LogP contribution in [0, 0.1) is 0 Å². The number of hydrogen-bond acceptors (Lipinski definition) is 5. The Bertz CT molecular complexity index is 797. The molecule has 0 bridgehead atoms. The van der Waals surface area contributed by atoms with Crippen molar-refractivity contribution in [3.8, 4) is 5.75 Å². The minimum atomic E-state index is -0.710. The molecule has 1 aliphatic rings. The van der Waals surface area contributed by atoms with Crippen LogP contribution in [0.25, 0.3) is 0 Å². The zero-order valence-electron chi connectivity index (χ0n) is 15.6. The van der Waals surface area contributed by atoms with Crippen molar-refractivity contribution in [1.29, 1.82) is 0 Å². The highest BCUT2D eigenvalue weighted by molar-refractivity contribution is 6.44. The summed E-state index contributed by atoms with van der Waals surface area (Å²) in [6, 6.07) is 13.6. The second-order valence-corrected chi connectivity index (χ2v) is 6.67. The van der Waals surface area contributed by atoms with Gasteiger partial charge in [0.15, 0.2) is 0 Å².